The normalized spacial score (nSPS) is 10.8. The molecule has 96 valence electrons. The molecule has 0 atom stereocenters. The number of benzene rings is 2. The monoisotopic (exact) mass is 254 g/mol. The second-order valence-electron chi connectivity index (χ2n) is 4.26. The third-order valence-electron chi connectivity index (χ3n) is 3.00. The number of fused-ring (bicyclic) bond motifs is 1. The molecule has 4 nitrogen and oxygen atoms in total. The number of nitrogens with two attached hydrogens (primary N) is 1. The molecule has 0 bridgehead atoms. The van der Waals surface area contributed by atoms with Gasteiger partial charge in [0.25, 0.3) is 0 Å². The topological polar surface area (TPSA) is 61.3 Å². The largest absolute Gasteiger partial charge is 0.497 e. The zero-order valence-corrected chi connectivity index (χ0v) is 10.6. The molecule has 1 heterocycles. The summed E-state index contributed by atoms with van der Waals surface area (Å²) in [6.45, 7) is 0.502. The van der Waals surface area contributed by atoms with Crippen LogP contribution in [0.3, 0.4) is 0 Å². The summed E-state index contributed by atoms with van der Waals surface area (Å²) in [5.41, 5.74) is 9.15. The molecule has 4 heteroatoms. The number of oxazole rings is 1. The Morgan fingerprint density at radius 3 is 2.89 bits per heavy atom. The lowest BCUT2D eigenvalue weighted by molar-refractivity contribution is 0.415. The van der Waals surface area contributed by atoms with E-state index < -0.39 is 0 Å². The SMILES string of the molecule is COc1ccc2oc(-c3cccc(CN)c3)nc2c1. The van der Waals surface area contributed by atoms with Gasteiger partial charge in [-0.2, -0.15) is 0 Å². The van der Waals surface area contributed by atoms with Gasteiger partial charge >= 0.3 is 0 Å². The van der Waals surface area contributed by atoms with E-state index in [1.807, 2.05) is 42.5 Å². The fourth-order valence-corrected chi connectivity index (χ4v) is 1.99. The van der Waals surface area contributed by atoms with Crippen molar-refractivity contribution in [1.29, 1.82) is 0 Å². The van der Waals surface area contributed by atoms with Crippen molar-refractivity contribution in [3.63, 3.8) is 0 Å². The summed E-state index contributed by atoms with van der Waals surface area (Å²) in [5, 5.41) is 0. The van der Waals surface area contributed by atoms with Crippen LogP contribution in [-0.4, -0.2) is 12.1 Å². The van der Waals surface area contributed by atoms with Crippen LogP contribution in [0.5, 0.6) is 5.75 Å². The van der Waals surface area contributed by atoms with Crippen LogP contribution in [0.1, 0.15) is 5.56 Å². The number of hydrogen-bond acceptors (Lipinski definition) is 4. The second kappa shape index (κ2) is 4.74. The molecule has 0 aliphatic rings. The van der Waals surface area contributed by atoms with Crippen molar-refractivity contribution < 1.29 is 9.15 Å². The van der Waals surface area contributed by atoms with E-state index in [0.29, 0.717) is 12.4 Å². The molecule has 0 unspecified atom stereocenters. The summed E-state index contributed by atoms with van der Waals surface area (Å²) in [5.74, 6) is 1.36. The maximum atomic E-state index is 5.75. The molecule has 3 rings (SSSR count). The van der Waals surface area contributed by atoms with Crippen LogP contribution in [0.25, 0.3) is 22.6 Å². The van der Waals surface area contributed by atoms with E-state index in [4.69, 9.17) is 14.9 Å². The third-order valence-corrected chi connectivity index (χ3v) is 3.00. The Bertz CT molecular complexity index is 719. The molecule has 0 fully saturated rings. The molecular formula is C15H14N2O2. The first-order valence-electron chi connectivity index (χ1n) is 6.04. The van der Waals surface area contributed by atoms with Crippen molar-refractivity contribution >= 4 is 11.1 Å². The van der Waals surface area contributed by atoms with Gasteiger partial charge in [0, 0.05) is 18.2 Å². The van der Waals surface area contributed by atoms with Crippen LogP contribution in [0, 0.1) is 0 Å². The van der Waals surface area contributed by atoms with Gasteiger partial charge in [-0.1, -0.05) is 12.1 Å². The van der Waals surface area contributed by atoms with E-state index in [2.05, 4.69) is 4.98 Å². The van der Waals surface area contributed by atoms with Crippen LogP contribution in [-0.2, 0) is 6.54 Å². The van der Waals surface area contributed by atoms with Crippen molar-refractivity contribution in [1.82, 2.24) is 4.98 Å². The predicted molar refractivity (Wildman–Crippen MR) is 73.9 cm³/mol. The maximum Gasteiger partial charge on any atom is 0.227 e. The quantitative estimate of drug-likeness (QED) is 0.780. The molecule has 0 aliphatic heterocycles. The Balaban J connectivity index is 2.09. The van der Waals surface area contributed by atoms with Crippen molar-refractivity contribution in [2.75, 3.05) is 7.11 Å². The van der Waals surface area contributed by atoms with Crippen molar-refractivity contribution in [2.24, 2.45) is 5.73 Å². The number of methoxy groups -OCH3 is 1. The van der Waals surface area contributed by atoms with Crippen molar-refractivity contribution in [3.05, 3.63) is 48.0 Å². The maximum absolute atomic E-state index is 5.75. The van der Waals surface area contributed by atoms with Gasteiger partial charge in [0.15, 0.2) is 5.58 Å². The molecule has 0 saturated heterocycles. The van der Waals surface area contributed by atoms with Gasteiger partial charge in [0.1, 0.15) is 11.3 Å². The standard InChI is InChI=1S/C15H14N2O2/c1-18-12-5-6-14-13(8-12)17-15(19-14)11-4-2-3-10(7-11)9-16/h2-8H,9,16H2,1H3. The zero-order chi connectivity index (χ0) is 13.2. The number of ether oxygens (including phenoxy) is 1. The van der Waals surface area contributed by atoms with Crippen LogP contribution < -0.4 is 10.5 Å². The van der Waals surface area contributed by atoms with Gasteiger partial charge in [0.2, 0.25) is 5.89 Å². The summed E-state index contributed by atoms with van der Waals surface area (Å²) in [7, 11) is 1.63. The Hall–Kier alpha value is -2.33. The summed E-state index contributed by atoms with van der Waals surface area (Å²) in [6.07, 6.45) is 0. The average Bonchev–Trinajstić information content (AvgIpc) is 2.90. The van der Waals surface area contributed by atoms with Gasteiger partial charge in [-0.25, -0.2) is 4.98 Å². The van der Waals surface area contributed by atoms with Crippen LogP contribution >= 0.6 is 0 Å². The van der Waals surface area contributed by atoms with Gasteiger partial charge < -0.3 is 14.9 Å². The minimum absolute atomic E-state index is 0.502. The smallest absolute Gasteiger partial charge is 0.227 e. The number of hydrogen-bond donors (Lipinski definition) is 1. The molecule has 0 amide bonds. The van der Waals surface area contributed by atoms with E-state index in [9.17, 15) is 0 Å². The molecule has 2 aromatic carbocycles. The van der Waals surface area contributed by atoms with Gasteiger partial charge in [0.05, 0.1) is 7.11 Å². The molecule has 19 heavy (non-hydrogen) atoms. The van der Waals surface area contributed by atoms with E-state index in [1.165, 1.54) is 0 Å². The Kier molecular flexibility index (Phi) is 2.93. The molecule has 2 N–H and O–H groups in total. The highest BCUT2D eigenvalue weighted by Gasteiger charge is 2.09. The first kappa shape index (κ1) is 11.7. The van der Waals surface area contributed by atoms with Gasteiger partial charge in [-0.3, -0.25) is 0 Å². The highest BCUT2D eigenvalue weighted by Crippen LogP contribution is 2.27. The first-order chi connectivity index (χ1) is 9.30. The predicted octanol–water partition coefficient (Wildman–Crippen LogP) is 2.96. The van der Waals surface area contributed by atoms with E-state index in [1.54, 1.807) is 7.11 Å². The first-order valence-corrected chi connectivity index (χ1v) is 6.04. The molecule has 0 spiro atoms. The molecule has 3 aromatic rings. The molecule has 0 aliphatic carbocycles. The fourth-order valence-electron chi connectivity index (χ4n) is 1.99. The van der Waals surface area contributed by atoms with Gasteiger partial charge in [-0.15, -0.1) is 0 Å². The fraction of sp³-hybridized carbons (Fsp3) is 0.133. The van der Waals surface area contributed by atoms with Crippen LogP contribution in [0.2, 0.25) is 0 Å². The lowest BCUT2D eigenvalue weighted by atomic mass is 10.1. The average molecular weight is 254 g/mol. The summed E-state index contributed by atoms with van der Waals surface area (Å²) in [4.78, 5) is 4.48. The third kappa shape index (κ3) is 2.18. The van der Waals surface area contributed by atoms with E-state index in [0.717, 1.165) is 28.0 Å². The Labute approximate surface area is 110 Å². The minimum Gasteiger partial charge on any atom is -0.497 e. The Morgan fingerprint density at radius 2 is 2.11 bits per heavy atom. The summed E-state index contributed by atoms with van der Waals surface area (Å²) < 4.78 is 10.9. The zero-order valence-electron chi connectivity index (χ0n) is 10.6. The number of rotatable bonds is 3. The molecular weight excluding hydrogens is 240 g/mol. The lowest BCUT2D eigenvalue weighted by Gasteiger charge is -1.98. The van der Waals surface area contributed by atoms with Crippen molar-refractivity contribution in [3.8, 4) is 17.2 Å². The molecule has 0 radical (unpaired) electrons. The molecule has 0 saturated carbocycles. The lowest BCUT2D eigenvalue weighted by Crippen LogP contribution is -1.95. The Morgan fingerprint density at radius 1 is 1.21 bits per heavy atom. The second-order valence-corrected chi connectivity index (χ2v) is 4.26. The molecule has 1 aromatic heterocycles. The number of aromatic nitrogens is 1. The van der Waals surface area contributed by atoms with Crippen LogP contribution in [0.15, 0.2) is 46.9 Å². The highest BCUT2D eigenvalue weighted by molar-refractivity contribution is 5.77. The van der Waals surface area contributed by atoms with E-state index >= 15 is 0 Å². The van der Waals surface area contributed by atoms with E-state index in [-0.39, 0.29) is 0 Å². The van der Waals surface area contributed by atoms with Crippen molar-refractivity contribution in [2.45, 2.75) is 6.54 Å². The minimum atomic E-state index is 0.502. The summed E-state index contributed by atoms with van der Waals surface area (Å²) >= 11 is 0. The summed E-state index contributed by atoms with van der Waals surface area (Å²) in [6, 6.07) is 13.4. The highest BCUT2D eigenvalue weighted by atomic mass is 16.5. The van der Waals surface area contributed by atoms with Crippen LogP contribution in [0.4, 0.5) is 0 Å². The van der Waals surface area contributed by atoms with Gasteiger partial charge in [-0.05, 0) is 29.8 Å². The number of nitrogens with zero attached hydrogens (tertiary/aromatic N) is 1.